The monoisotopic (exact) mass is 622 g/mol. The molecule has 234 valence electrons. The van der Waals surface area contributed by atoms with E-state index in [0.717, 1.165) is 22.9 Å². The number of rotatable bonds is 15. The number of hydrogen-bond acceptors (Lipinski definition) is 5. The molecule has 2 aromatic carbocycles. The van der Waals surface area contributed by atoms with Crippen molar-refractivity contribution in [3.63, 3.8) is 0 Å². The Kier molecular flexibility index (Phi) is 11.2. The lowest BCUT2D eigenvalue weighted by atomic mass is 9.88. The number of aromatic nitrogens is 1. The molecule has 2 atom stereocenters. The van der Waals surface area contributed by atoms with Crippen LogP contribution in [-0.4, -0.2) is 50.4 Å². The minimum atomic E-state index is -4.05. The van der Waals surface area contributed by atoms with E-state index in [2.05, 4.69) is 65.4 Å². The van der Waals surface area contributed by atoms with Crippen LogP contribution in [-0.2, 0) is 14.4 Å². The second kappa shape index (κ2) is 13.9. The van der Waals surface area contributed by atoms with Crippen molar-refractivity contribution < 1.29 is 18.0 Å². The highest BCUT2D eigenvalue weighted by Gasteiger charge is 2.39. The molecule has 43 heavy (non-hydrogen) atoms. The van der Waals surface area contributed by atoms with Gasteiger partial charge in [0.25, 0.3) is 10.0 Å². The molecule has 1 heterocycles. The molecule has 8 heteroatoms. The molecule has 1 N–H and O–H groups in total. The number of fused-ring (bicyclic) bond motifs is 1. The average Bonchev–Trinajstić information content (AvgIpc) is 3.31. The highest BCUT2D eigenvalue weighted by Crippen LogP contribution is 2.43. The van der Waals surface area contributed by atoms with E-state index in [-0.39, 0.29) is 21.9 Å². The third-order valence-corrected chi connectivity index (χ3v) is 15.0. The average molecular weight is 623 g/mol. The Morgan fingerprint density at radius 2 is 1.65 bits per heavy atom. The van der Waals surface area contributed by atoms with Gasteiger partial charge < -0.3 is 9.53 Å². The van der Waals surface area contributed by atoms with E-state index in [1.807, 2.05) is 30.4 Å². The Morgan fingerprint density at radius 1 is 1.07 bits per heavy atom. The number of hydrogen-bond donors (Lipinski definition) is 1. The first-order valence-electron chi connectivity index (χ1n) is 15.0. The molecule has 0 radical (unpaired) electrons. The number of para-hydroxylation sites is 1. The Balaban J connectivity index is 2.34. The molecule has 3 rings (SSSR count). The summed E-state index contributed by atoms with van der Waals surface area (Å²) in [5, 5.41) is 12.2. The number of aliphatic hydroxyl groups excluding tert-OH is 1. The van der Waals surface area contributed by atoms with E-state index in [9.17, 15) is 13.5 Å². The van der Waals surface area contributed by atoms with Crippen LogP contribution in [0, 0.1) is 5.92 Å². The first kappa shape index (κ1) is 34.7. The maximum atomic E-state index is 14.3. The standard InChI is InChI=1S/C35H50N2O4SSi/c1-11-26(4)25-36(23-24-41-43(9,10)35(6,7)8)34(28(12-2)13-3)32-30-21-17-18-22-31(30)37(33(32)27(5)38)42(39,40)29-19-15-14-16-20-29/h12-22,27-28,34,38H,2-4,11,23-25H2,1,5-10H3. The second-order valence-corrected chi connectivity index (χ2v) is 19.3. The van der Waals surface area contributed by atoms with Crippen molar-refractivity contribution >= 4 is 29.2 Å². The first-order valence-corrected chi connectivity index (χ1v) is 19.4. The van der Waals surface area contributed by atoms with Crippen LogP contribution in [0.3, 0.4) is 0 Å². The van der Waals surface area contributed by atoms with E-state index in [0.29, 0.717) is 30.9 Å². The molecule has 0 saturated carbocycles. The molecule has 0 spiro atoms. The lowest BCUT2D eigenvalue weighted by molar-refractivity contribution is 0.143. The van der Waals surface area contributed by atoms with Gasteiger partial charge >= 0.3 is 0 Å². The minimum Gasteiger partial charge on any atom is -0.416 e. The van der Waals surface area contributed by atoms with Gasteiger partial charge in [-0.1, -0.05) is 88.4 Å². The molecule has 1 aromatic heterocycles. The molecule has 0 aliphatic heterocycles. The maximum Gasteiger partial charge on any atom is 0.268 e. The summed E-state index contributed by atoms with van der Waals surface area (Å²) in [6.45, 7) is 29.1. The van der Waals surface area contributed by atoms with E-state index in [1.165, 1.54) is 3.97 Å². The van der Waals surface area contributed by atoms with E-state index in [4.69, 9.17) is 4.43 Å². The van der Waals surface area contributed by atoms with Crippen LogP contribution < -0.4 is 0 Å². The molecular weight excluding hydrogens is 573 g/mol. The van der Waals surface area contributed by atoms with Gasteiger partial charge in [-0.25, -0.2) is 12.4 Å². The third kappa shape index (κ3) is 7.32. The Hall–Kier alpha value is -2.75. The number of aliphatic hydroxyl groups is 1. The molecule has 0 fully saturated rings. The summed E-state index contributed by atoms with van der Waals surface area (Å²) >= 11 is 0. The van der Waals surface area contributed by atoms with E-state index < -0.39 is 24.4 Å². The van der Waals surface area contributed by atoms with Crippen LogP contribution in [0.5, 0.6) is 0 Å². The lowest BCUT2D eigenvalue weighted by Crippen LogP contribution is -2.44. The van der Waals surface area contributed by atoms with Gasteiger partial charge in [0.15, 0.2) is 8.32 Å². The molecule has 6 nitrogen and oxygen atoms in total. The van der Waals surface area contributed by atoms with Crippen molar-refractivity contribution in [2.45, 2.75) is 76.2 Å². The SMILES string of the molecule is C=CC(C=C)C(c1c(C(C)O)n(S(=O)(=O)c2ccccc2)c2ccccc12)N(CCO[Si](C)(C)C(C)(C)C)CC(=C)CC. The predicted molar refractivity (Wildman–Crippen MR) is 182 cm³/mol. The van der Waals surface area contributed by atoms with Crippen molar-refractivity contribution in [3.05, 3.63) is 103 Å². The fourth-order valence-corrected chi connectivity index (χ4v) is 7.92. The third-order valence-electron chi connectivity index (χ3n) is 8.76. The van der Waals surface area contributed by atoms with Crippen molar-refractivity contribution in [1.82, 2.24) is 8.87 Å². The predicted octanol–water partition coefficient (Wildman–Crippen LogP) is 8.25. The molecule has 0 saturated heterocycles. The summed E-state index contributed by atoms with van der Waals surface area (Å²) in [6.07, 6.45) is 3.40. The van der Waals surface area contributed by atoms with Crippen molar-refractivity contribution in [2.24, 2.45) is 5.92 Å². The first-order chi connectivity index (χ1) is 20.1. The van der Waals surface area contributed by atoms with Gasteiger partial charge in [0.2, 0.25) is 0 Å². The summed E-state index contributed by atoms with van der Waals surface area (Å²) in [7, 11) is -6.07. The van der Waals surface area contributed by atoms with Crippen LogP contribution in [0.1, 0.15) is 64.4 Å². The zero-order valence-corrected chi connectivity index (χ0v) is 28.8. The topological polar surface area (TPSA) is 71.8 Å². The highest BCUT2D eigenvalue weighted by atomic mass is 32.2. The normalized spacial score (nSPS) is 14.3. The Labute approximate surface area is 260 Å². The van der Waals surface area contributed by atoms with E-state index in [1.54, 1.807) is 43.3 Å². The highest BCUT2D eigenvalue weighted by molar-refractivity contribution is 7.90. The zero-order valence-electron chi connectivity index (χ0n) is 27.0. The molecule has 2 unspecified atom stereocenters. The zero-order chi connectivity index (χ0) is 32.2. The second-order valence-electron chi connectivity index (χ2n) is 12.8. The molecule has 0 aliphatic carbocycles. The quantitative estimate of drug-likeness (QED) is 0.137. The van der Waals surface area contributed by atoms with Gasteiger partial charge in [0.1, 0.15) is 0 Å². The van der Waals surface area contributed by atoms with Gasteiger partial charge in [0, 0.05) is 42.6 Å². The van der Waals surface area contributed by atoms with Crippen LogP contribution in [0.2, 0.25) is 18.1 Å². The molecular formula is C35H50N2O4SSi. The fourth-order valence-electron chi connectivity index (χ4n) is 5.24. The van der Waals surface area contributed by atoms with Crippen molar-refractivity contribution in [1.29, 1.82) is 0 Å². The summed E-state index contributed by atoms with van der Waals surface area (Å²) in [5.41, 5.74) is 2.64. The number of benzene rings is 2. The van der Waals surface area contributed by atoms with Gasteiger partial charge in [-0.2, -0.15) is 0 Å². The van der Waals surface area contributed by atoms with Crippen LogP contribution in [0.15, 0.2) is 97.0 Å². The molecule has 0 amide bonds. The van der Waals surface area contributed by atoms with Crippen LogP contribution >= 0.6 is 0 Å². The molecule has 3 aromatic rings. The van der Waals surface area contributed by atoms with E-state index >= 15 is 0 Å². The van der Waals surface area contributed by atoms with Gasteiger partial charge in [-0.3, -0.25) is 4.90 Å². The van der Waals surface area contributed by atoms with Gasteiger partial charge in [-0.15, -0.1) is 13.2 Å². The van der Waals surface area contributed by atoms with Crippen LogP contribution in [0.25, 0.3) is 10.9 Å². The molecule has 0 bridgehead atoms. The van der Waals surface area contributed by atoms with Crippen LogP contribution in [0.4, 0.5) is 0 Å². The fraction of sp³-hybridized carbons (Fsp3) is 0.429. The minimum absolute atomic E-state index is 0.0632. The van der Waals surface area contributed by atoms with Crippen molar-refractivity contribution in [2.75, 3.05) is 19.7 Å². The summed E-state index contributed by atoms with van der Waals surface area (Å²) in [5.74, 6) is -0.256. The smallest absolute Gasteiger partial charge is 0.268 e. The molecule has 0 aliphatic rings. The summed E-state index contributed by atoms with van der Waals surface area (Å²) < 4.78 is 36.5. The summed E-state index contributed by atoms with van der Waals surface area (Å²) in [6, 6.07) is 15.4. The summed E-state index contributed by atoms with van der Waals surface area (Å²) in [4.78, 5) is 2.45. The van der Waals surface area contributed by atoms with Gasteiger partial charge in [0.05, 0.1) is 22.2 Å². The Morgan fingerprint density at radius 3 is 2.19 bits per heavy atom. The number of nitrogens with zero attached hydrogens (tertiary/aromatic N) is 2. The van der Waals surface area contributed by atoms with Crippen molar-refractivity contribution in [3.8, 4) is 0 Å². The largest absolute Gasteiger partial charge is 0.416 e. The van der Waals surface area contributed by atoms with Gasteiger partial charge in [-0.05, 0) is 49.7 Å². The maximum absolute atomic E-state index is 14.3. The Bertz CT molecular complexity index is 1530. The lowest BCUT2D eigenvalue weighted by Gasteiger charge is -2.39.